The highest BCUT2D eigenvalue weighted by Gasteiger charge is 2.45. The summed E-state index contributed by atoms with van der Waals surface area (Å²) in [5, 5.41) is 2.91. The third-order valence-electron chi connectivity index (χ3n) is 4.33. The zero-order valence-corrected chi connectivity index (χ0v) is 13.0. The number of hydrogen-bond donors (Lipinski definition) is 1. The molecule has 0 spiro atoms. The summed E-state index contributed by atoms with van der Waals surface area (Å²) in [4.78, 5) is 25.7. The van der Waals surface area contributed by atoms with Crippen molar-refractivity contribution in [3.05, 3.63) is 29.8 Å². The Hall–Kier alpha value is -2.04. The summed E-state index contributed by atoms with van der Waals surface area (Å²) in [6, 6.07) is 8.19. The van der Waals surface area contributed by atoms with Gasteiger partial charge in [-0.15, -0.1) is 0 Å². The second-order valence-electron chi connectivity index (χ2n) is 6.26. The summed E-state index contributed by atoms with van der Waals surface area (Å²) in [6.45, 7) is 0.149. The number of amides is 2. The van der Waals surface area contributed by atoms with Gasteiger partial charge in [0.15, 0.2) is 0 Å². The Labute approximate surface area is 130 Å². The molecule has 2 fully saturated rings. The van der Waals surface area contributed by atoms with E-state index in [2.05, 4.69) is 5.32 Å². The molecular formula is C17H22N2O3. The molecule has 1 N–H and O–H groups in total. The van der Waals surface area contributed by atoms with Gasteiger partial charge in [0.1, 0.15) is 5.75 Å². The zero-order chi connectivity index (χ0) is 15.7. The molecule has 5 nitrogen and oxygen atoms in total. The van der Waals surface area contributed by atoms with Gasteiger partial charge in [0.05, 0.1) is 13.7 Å². The number of hydrogen-bond acceptors (Lipinski definition) is 3. The minimum Gasteiger partial charge on any atom is -0.497 e. The van der Waals surface area contributed by atoms with Gasteiger partial charge in [0.2, 0.25) is 11.8 Å². The summed E-state index contributed by atoms with van der Waals surface area (Å²) in [5.74, 6) is 1.05. The molecule has 5 heteroatoms. The van der Waals surface area contributed by atoms with Crippen LogP contribution in [0.1, 0.15) is 30.7 Å². The Morgan fingerprint density at radius 3 is 2.82 bits per heavy atom. The van der Waals surface area contributed by atoms with Gasteiger partial charge in [0, 0.05) is 19.0 Å². The fourth-order valence-electron chi connectivity index (χ4n) is 2.79. The van der Waals surface area contributed by atoms with Crippen molar-refractivity contribution in [3.63, 3.8) is 0 Å². The Morgan fingerprint density at radius 1 is 1.36 bits per heavy atom. The van der Waals surface area contributed by atoms with Crippen molar-refractivity contribution in [1.82, 2.24) is 10.2 Å². The molecule has 0 aromatic heterocycles. The standard InChI is InChI=1S/C17H22N2O3/c1-19(10-16(20)18-12-6-7-12)17(21)15-9-14(15)11-4-3-5-13(8-11)22-2/h3-5,8,12,14-15H,6-7,9-10H2,1-2H3,(H,18,20)/t14-,15+/m1/s1. The van der Waals surface area contributed by atoms with Crippen LogP contribution >= 0.6 is 0 Å². The maximum Gasteiger partial charge on any atom is 0.239 e. The van der Waals surface area contributed by atoms with Crippen LogP contribution in [-0.4, -0.2) is 43.5 Å². The van der Waals surface area contributed by atoms with E-state index in [0.29, 0.717) is 6.04 Å². The summed E-state index contributed by atoms with van der Waals surface area (Å²) in [6.07, 6.45) is 2.97. The van der Waals surface area contributed by atoms with Gasteiger partial charge in [-0.05, 0) is 42.9 Å². The van der Waals surface area contributed by atoms with E-state index in [4.69, 9.17) is 4.74 Å². The number of ether oxygens (including phenoxy) is 1. The second kappa shape index (κ2) is 5.99. The molecule has 0 aliphatic heterocycles. The van der Waals surface area contributed by atoms with Gasteiger partial charge >= 0.3 is 0 Å². The first-order chi connectivity index (χ1) is 10.6. The molecule has 2 atom stereocenters. The lowest BCUT2D eigenvalue weighted by Crippen LogP contribution is -2.39. The number of rotatable bonds is 6. The number of likely N-dealkylation sites (N-methyl/N-ethyl adjacent to an activating group) is 1. The molecule has 2 amide bonds. The summed E-state index contributed by atoms with van der Waals surface area (Å²) >= 11 is 0. The third kappa shape index (κ3) is 3.40. The van der Waals surface area contributed by atoms with E-state index < -0.39 is 0 Å². The Bertz CT molecular complexity index is 583. The average molecular weight is 302 g/mol. The summed E-state index contributed by atoms with van der Waals surface area (Å²) < 4.78 is 5.22. The molecular weight excluding hydrogens is 280 g/mol. The van der Waals surface area contributed by atoms with E-state index in [0.717, 1.165) is 30.6 Å². The minimum absolute atomic E-state index is 0.00849. The van der Waals surface area contributed by atoms with Crippen molar-refractivity contribution >= 4 is 11.8 Å². The van der Waals surface area contributed by atoms with Gasteiger partial charge in [-0.1, -0.05) is 12.1 Å². The molecule has 1 aromatic rings. The summed E-state index contributed by atoms with van der Waals surface area (Å²) in [7, 11) is 3.34. The molecule has 3 rings (SSSR count). The molecule has 0 radical (unpaired) electrons. The highest BCUT2D eigenvalue weighted by atomic mass is 16.5. The van der Waals surface area contributed by atoms with E-state index in [1.165, 1.54) is 0 Å². The van der Waals surface area contributed by atoms with E-state index >= 15 is 0 Å². The van der Waals surface area contributed by atoms with Gasteiger partial charge < -0.3 is 15.0 Å². The number of carbonyl (C=O) groups excluding carboxylic acids is 2. The first-order valence-electron chi connectivity index (χ1n) is 7.76. The average Bonchev–Trinajstić information content (AvgIpc) is 3.40. The van der Waals surface area contributed by atoms with Crippen LogP contribution in [0.25, 0.3) is 0 Å². The number of carbonyl (C=O) groups is 2. The molecule has 0 saturated heterocycles. The highest BCUT2D eigenvalue weighted by Crippen LogP contribution is 2.48. The first kappa shape index (κ1) is 14.9. The van der Waals surface area contributed by atoms with Crippen LogP contribution in [0.2, 0.25) is 0 Å². The van der Waals surface area contributed by atoms with Crippen molar-refractivity contribution in [1.29, 1.82) is 0 Å². The quantitative estimate of drug-likeness (QED) is 0.867. The van der Waals surface area contributed by atoms with Crippen LogP contribution < -0.4 is 10.1 Å². The first-order valence-corrected chi connectivity index (χ1v) is 7.76. The van der Waals surface area contributed by atoms with E-state index in [-0.39, 0.29) is 30.2 Å². The van der Waals surface area contributed by atoms with E-state index in [1.54, 1.807) is 19.1 Å². The molecule has 0 bridgehead atoms. The highest BCUT2D eigenvalue weighted by molar-refractivity contribution is 5.88. The molecule has 0 heterocycles. The topological polar surface area (TPSA) is 58.6 Å². The Kier molecular flexibility index (Phi) is 4.05. The van der Waals surface area contributed by atoms with Gasteiger partial charge in [-0.3, -0.25) is 9.59 Å². The molecule has 2 aliphatic carbocycles. The van der Waals surface area contributed by atoms with Crippen LogP contribution in [0.4, 0.5) is 0 Å². The van der Waals surface area contributed by atoms with Crippen LogP contribution in [-0.2, 0) is 9.59 Å². The zero-order valence-electron chi connectivity index (χ0n) is 13.0. The monoisotopic (exact) mass is 302 g/mol. The SMILES string of the molecule is COc1cccc([C@H]2C[C@@H]2C(=O)N(C)CC(=O)NC2CC2)c1. The molecule has 22 heavy (non-hydrogen) atoms. The van der Waals surface area contributed by atoms with Gasteiger partial charge in [-0.2, -0.15) is 0 Å². The predicted molar refractivity (Wildman–Crippen MR) is 82.6 cm³/mol. The molecule has 1 aromatic carbocycles. The van der Waals surface area contributed by atoms with Crippen LogP contribution in [0.5, 0.6) is 5.75 Å². The Balaban J connectivity index is 1.53. The van der Waals surface area contributed by atoms with Gasteiger partial charge in [0.25, 0.3) is 0 Å². The number of nitrogens with one attached hydrogen (secondary N) is 1. The van der Waals surface area contributed by atoms with Crippen molar-refractivity contribution in [2.24, 2.45) is 5.92 Å². The van der Waals surface area contributed by atoms with Crippen LogP contribution in [0.3, 0.4) is 0 Å². The largest absolute Gasteiger partial charge is 0.497 e. The fourth-order valence-corrected chi connectivity index (χ4v) is 2.79. The molecule has 2 aliphatic rings. The molecule has 118 valence electrons. The Morgan fingerprint density at radius 2 is 2.14 bits per heavy atom. The normalized spacial score (nSPS) is 22.8. The van der Waals surface area contributed by atoms with Crippen LogP contribution in [0, 0.1) is 5.92 Å². The molecule has 0 unspecified atom stereocenters. The number of nitrogens with zero attached hydrogens (tertiary/aromatic N) is 1. The van der Waals surface area contributed by atoms with Crippen molar-refractivity contribution in [3.8, 4) is 5.75 Å². The second-order valence-corrected chi connectivity index (χ2v) is 6.26. The fraction of sp³-hybridized carbons (Fsp3) is 0.529. The van der Waals surface area contributed by atoms with Gasteiger partial charge in [-0.25, -0.2) is 0 Å². The maximum absolute atomic E-state index is 12.4. The molecule has 2 saturated carbocycles. The third-order valence-corrected chi connectivity index (χ3v) is 4.33. The number of methoxy groups -OCH3 is 1. The van der Waals surface area contributed by atoms with Crippen molar-refractivity contribution in [2.45, 2.75) is 31.2 Å². The lowest BCUT2D eigenvalue weighted by Gasteiger charge is -2.17. The van der Waals surface area contributed by atoms with E-state index in [1.807, 2.05) is 24.3 Å². The van der Waals surface area contributed by atoms with E-state index in [9.17, 15) is 9.59 Å². The number of benzene rings is 1. The van der Waals surface area contributed by atoms with Crippen molar-refractivity contribution < 1.29 is 14.3 Å². The maximum atomic E-state index is 12.4. The lowest BCUT2D eigenvalue weighted by molar-refractivity contribution is -0.135. The minimum atomic E-state index is -0.0584. The lowest BCUT2D eigenvalue weighted by atomic mass is 10.1. The van der Waals surface area contributed by atoms with Crippen LogP contribution in [0.15, 0.2) is 24.3 Å². The smallest absolute Gasteiger partial charge is 0.239 e. The predicted octanol–water partition coefficient (Wildman–Crippen LogP) is 1.54. The summed E-state index contributed by atoms with van der Waals surface area (Å²) in [5.41, 5.74) is 1.13. The van der Waals surface area contributed by atoms with Crippen molar-refractivity contribution in [2.75, 3.05) is 20.7 Å².